The number of hydrogen-bond acceptors (Lipinski definition) is 2. The third-order valence-corrected chi connectivity index (χ3v) is 7.54. The number of nitriles is 1. The van der Waals surface area contributed by atoms with E-state index in [1.165, 1.54) is 0 Å². The number of nitrogens with zero attached hydrogens (tertiary/aromatic N) is 1. The van der Waals surface area contributed by atoms with Crippen molar-refractivity contribution in [3.05, 3.63) is 161 Å². The Morgan fingerprint density at radius 3 is 1.62 bits per heavy atom. The highest BCUT2D eigenvalue weighted by Crippen LogP contribution is 2.53. The Labute approximate surface area is 234 Å². The van der Waals surface area contributed by atoms with E-state index in [0.29, 0.717) is 11.3 Å². The van der Waals surface area contributed by atoms with Gasteiger partial charge in [-0.1, -0.05) is 133 Å². The molecule has 40 heavy (non-hydrogen) atoms. The molecule has 0 amide bonds. The zero-order valence-corrected chi connectivity index (χ0v) is 22.1. The van der Waals surface area contributed by atoms with E-state index >= 15 is 0 Å². The van der Waals surface area contributed by atoms with Gasteiger partial charge in [-0.25, -0.2) is 0 Å². The Bertz CT molecular complexity index is 1950. The molecule has 0 aliphatic carbocycles. The first-order valence-electron chi connectivity index (χ1n) is 13.4. The first-order valence-corrected chi connectivity index (χ1v) is 13.4. The predicted octanol–water partition coefficient (Wildman–Crippen LogP) is 9.66. The van der Waals surface area contributed by atoms with E-state index in [2.05, 4.69) is 97.9 Å². The molecule has 0 atom stereocenters. The second kappa shape index (κ2) is 9.73. The normalized spacial score (nSPS) is 12.2. The standard InChI is InChI=1S/C38H25NO/c1-25-22-30-33(26-14-6-2-7-15-26)34(27-16-8-3-9-17-27)32(24-39)38-36(30)31(23-25)35(28-18-10-4-11-19-28)37(40-38)29-20-12-5-13-21-29/h2-23H,1H3. The fourth-order valence-electron chi connectivity index (χ4n) is 5.89. The molecule has 6 aromatic carbocycles. The summed E-state index contributed by atoms with van der Waals surface area (Å²) < 4.78 is 6.93. The van der Waals surface area contributed by atoms with Crippen LogP contribution in [0.15, 0.2) is 133 Å². The highest BCUT2D eigenvalue weighted by molar-refractivity contribution is 6.18. The summed E-state index contributed by atoms with van der Waals surface area (Å²) in [6.45, 7) is 2.14. The first kappa shape index (κ1) is 23.7. The van der Waals surface area contributed by atoms with Gasteiger partial charge in [0.1, 0.15) is 17.4 Å². The maximum Gasteiger partial charge on any atom is 0.154 e. The monoisotopic (exact) mass is 511 g/mol. The molecular formula is C38H25NO. The van der Waals surface area contributed by atoms with Crippen molar-refractivity contribution in [3.63, 3.8) is 0 Å². The van der Waals surface area contributed by atoms with Gasteiger partial charge in [0.25, 0.3) is 0 Å². The van der Waals surface area contributed by atoms with E-state index in [1.807, 2.05) is 48.5 Å². The summed E-state index contributed by atoms with van der Waals surface area (Å²) in [5.74, 6) is 1.37. The van der Waals surface area contributed by atoms with Crippen LogP contribution in [0.3, 0.4) is 0 Å². The van der Waals surface area contributed by atoms with Gasteiger partial charge in [0, 0.05) is 22.1 Å². The summed E-state index contributed by atoms with van der Waals surface area (Å²) in [5.41, 5.74) is 9.85. The average Bonchev–Trinajstić information content (AvgIpc) is 3.02. The van der Waals surface area contributed by atoms with Crippen LogP contribution in [0.25, 0.3) is 44.4 Å². The minimum absolute atomic E-state index is 0.545. The van der Waals surface area contributed by atoms with E-state index < -0.39 is 0 Å². The van der Waals surface area contributed by atoms with Crippen LogP contribution in [-0.4, -0.2) is 0 Å². The smallest absolute Gasteiger partial charge is 0.154 e. The van der Waals surface area contributed by atoms with Crippen LogP contribution in [0.2, 0.25) is 0 Å². The van der Waals surface area contributed by atoms with Crippen molar-refractivity contribution < 1.29 is 4.74 Å². The minimum atomic E-state index is 0.545. The third-order valence-electron chi connectivity index (χ3n) is 7.54. The van der Waals surface area contributed by atoms with E-state index in [4.69, 9.17) is 4.74 Å². The van der Waals surface area contributed by atoms with Gasteiger partial charge < -0.3 is 4.74 Å². The number of benzene rings is 6. The van der Waals surface area contributed by atoms with E-state index in [-0.39, 0.29) is 0 Å². The second-order valence-corrected chi connectivity index (χ2v) is 10.1. The van der Waals surface area contributed by atoms with Crippen molar-refractivity contribution in [2.24, 2.45) is 0 Å². The lowest BCUT2D eigenvalue weighted by Crippen LogP contribution is -2.10. The van der Waals surface area contributed by atoms with Crippen LogP contribution >= 0.6 is 0 Å². The van der Waals surface area contributed by atoms with Gasteiger partial charge in [0.15, 0.2) is 5.75 Å². The van der Waals surface area contributed by atoms with E-state index in [0.717, 1.165) is 66.6 Å². The van der Waals surface area contributed by atoms with Gasteiger partial charge in [-0.3, -0.25) is 0 Å². The van der Waals surface area contributed by atoms with Gasteiger partial charge >= 0.3 is 0 Å². The Kier molecular flexibility index (Phi) is 5.77. The highest BCUT2D eigenvalue weighted by Gasteiger charge is 2.31. The Morgan fingerprint density at radius 2 is 1.07 bits per heavy atom. The van der Waals surface area contributed by atoms with Gasteiger partial charge in [-0.2, -0.15) is 5.26 Å². The lowest BCUT2D eigenvalue weighted by atomic mass is 9.80. The molecule has 2 nitrogen and oxygen atoms in total. The highest BCUT2D eigenvalue weighted by atomic mass is 16.5. The molecule has 1 aliphatic rings. The van der Waals surface area contributed by atoms with E-state index in [1.54, 1.807) is 0 Å². The summed E-state index contributed by atoms with van der Waals surface area (Å²) in [7, 11) is 0. The Hall–Kier alpha value is -5.39. The molecule has 0 aromatic heterocycles. The average molecular weight is 512 g/mol. The molecule has 0 radical (unpaired) electrons. The van der Waals surface area contributed by atoms with Crippen LogP contribution < -0.4 is 4.74 Å². The fourth-order valence-corrected chi connectivity index (χ4v) is 5.89. The summed E-state index contributed by atoms with van der Waals surface area (Å²) in [6, 6.07) is 48.2. The maximum absolute atomic E-state index is 10.8. The molecule has 188 valence electrons. The van der Waals surface area contributed by atoms with Crippen molar-refractivity contribution in [3.8, 4) is 34.1 Å². The quantitative estimate of drug-likeness (QED) is 0.236. The molecule has 1 aliphatic heterocycles. The second-order valence-electron chi connectivity index (χ2n) is 10.1. The van der Waals surface area contributed by atoms with Crippen LogP contribution in [0.1, 0.15) is 27.8 Å². The Morgan fingerprint density at radius 1 is 0.575 bits per heavy atom. The van der Waals surface area contributed by atoms with Crippen LogP contribution in [0.5, 0.6) is 5.75 Å². The number of hydrogen-bond donors (Lipinski definition) is 0. The number of aryl methyl sites for hydroxylation is 1. The molecule has 0 unspecified atom stereocenters. The molecule has 0 saturated heterocycles. The molecule has 2 heteroatoms. The fraction of sp³-hybridized carbons (Fsp3) is 0.0263. The maximum atomic E-state index is 10.8. The molecule has 1 heterocycles. The summed E-state index contributed by atoms with van der Waals surface area (Å²) >= 11 is 0. The summed E-state index contributed by atoms with van der Waals surface area (Å²) in [6.07, 6.45) is 0. The molecule has 0 spiro atoms. The molecular weight excluding hydrogens is 486 g/mol. The van der Waals surface area contributed by atoms with Crippen molar-refractivity contribution in [1.82, 2.24) is 0 Å². The van der Waals surface area contributed by atoms with Gasteiger partial charge in [-0.15, -0.1) is 0 Å². The molecule has 0 fully saturated rings. The van der Waals surface area contributed by atoms with Crippen molar-refractivity contribution in [2.45, 2.75) is 6.92 Å². The van der Waals surface area contributed by atoms with Crippen LogP contribution in [0, 0.1) is 18.3 Å². The number of rotatable bonds is 4. The first-order chi connectivity index (χ1) is 19.7. The van der Waals surface area contributed by atoms with Crippen LogP contribution in [0.4, 0.5) is 0 Å². The largest absolute Gasteiger partial charge is 0.454 e. The zero-order chi connectivity index (χ0) is 27.1. The van der Waals surface area contributed by atoms with Crippen molar-refractivity contribution >= 4 is 22.1 Å². The van der Waals surface area contributed by atoms with Crippen molar-refractivity contribution in [1.29, 1.82) is 5.26 Å². The molecule has 0 saturated carbocycles. The topological polar surface area (TPSA) is 33.0 Å². The molecule has 0 N–H and O–H groups in total. The van der Waals surface area contributed by atoms with Gasteiger partial charge in [0.2, 0.25) is 0 Å². The van der Waals surface area contributed by atoms with Crippen LogP contribution in [-0.2, 0) is 0 Å². The van der Waals surface area contributed by atoms with Crippen molar-refractivity contribution in [2.75, 3.05) is 0 Å². The lowest BCUT2D eigenvalue weighted by molar-refractivity contribution is 0.518. The lowest BCUT2D eigenvalue weighted by Gasteiger charge is -2.29. The molecule has 6 aromatic rings. The summed E-state index contributed by atoms with van der Waals surface area (Å²) in [5, 5.41) is 12.8. The number of ether oxygens (including phenoxy) is 1. The van der Waals surface area contributed by atoms with E-state index in [9.17, 15) is 5.26 Å². The SMILES string of the molecule is Cc1cc2c3c(c(C#N)c(-c4ccccc4)c(-c4ccccc4)c3c1)OC(c1ccccc1)=C2c1ccccc1. The zero-order valence-electron chi connectivity index (χ0n) is 22.1. The van der Waals surface area contributed by atoms with Gasteiger partial charge in [0.05, 0.1) is 0 Å². The summed E-state index contributed by atoms with van der Waals surface area (Å²) in [4.78, 5) is 0. The predicted molar refractivity (Wildman–Crippen MR) is 164 cm³/mol. The minimum Gasteiger partial charge on any atom is -0.454 e. The third kappa shape index (κ3) is 3.80. The molecule has 0 bridgehead atoms. The molecule has 7 rings (SSSR count). The van der Waals surface area contributed by atoms with Gasteiger partial charge in [-0.05, 0) is 45.7 Å². The Balaban J connectivity index is 1.70.